The van der Waals surface area contributed by atoms with E-state index < -0.39 is 224 Å². The first kappa shape index (κ1) is 58.0. The molecule has 6 heterocycles. The summed E-state index contributed by atoms with van der Waals surface area (Å²) in [6.07, 6.45) is -52.9. The molecule has 0 saturated carbocycles. The lowest BCUT2D eigenvalue weighted by molar-refractivity contribution is -0.393. The van der Waals surface area contributed by atoms with E-state index in [2.05, 4.69) is 0 Å². The Morgan fingerprint density at radius 1 is 0.271 bits per heavy atom. The normalized spacial score (nSPS) is 51.6. The molecule has 31 heteroatoms. The highest BCUT2D eigenvalue weighted by molar-refractivity contribution is 4.99. The maximum absolute atomic E-state index is 11.6. The summed E-state index contributed by atoms with van der Waals surface area (Å²) in [5, 5.41) is 183. The van der Waals surface area contributed by atoms with Gasteiger partial charge in [-0.15, -0.1) is 0 Å². The van der Waals surface area contributed by atoms with Crippen LogP contribution in [0.2, 0.25) is 0 Å². The van der Waals surface area contributed by atoms with Gasteiger partial charge in [-0.25, -0.2) is 0 Å². The molecule has 0 aliphatic carbocycles. The van der Waals surface area contributed by atoms with Crippen molar-refractivity contribution in [2.24, 2.45) is 0 Å². The van der Waals surface area contributed by atoms with Gasteiger partial charge in [0, 0.05) is 21.3 Å². The zero-order chi connectivity index (χ0) is 51.5. The van der Waals surface area contributed by atoms with Crippen molar-refractivity contribution in [2.75, 3.05) is 61.0 Å². The molecule has 0 aromatic rings. The first-order valence-corrected chi connectivity index (χ1v) is 22.3. The van der Waals surface area contributed by atoms with Crippen LogP contribution < -0.4 is 0 Å². The summed E-state index contributed by atoms with van der Waals surface area (Å²) in [5.74, 6) is 0. The Labute approximate surface area is 398 Å². The minimum atomic E-state index is -2.19. The van der Waals surface area contributed by atoms with Crippen LogP contribution in [-0.4, -0.2) is 332 Å². The minimum Gasteiger partial charge on any atom is -0.394 e. The Morgan fingerprint density at radius 3 is 0.800 bits per heavy atom. The fourth-order valence-electron chi connectivity index (χ4n) is 9.15. The van der Waals surface area contributed by atoms with E-state index in [0.29, 0.717) is 0 Å². The Kier molecular flexibility index (Phi) is 21.2. The topological polar surface area (TPSA) is 473 Å². The third kappa shape index (κ3) is 11.9. The van der Waals surface area contributed by atoms with Crippen molar-refractivity contribution in [2.45, 2.75) is 184 Å². The van der Waals surface area contributed by atoms with E-state index in [1.807, 2.05) is 0 Å². The van der Waals surface area contributed by atoms with Gasteiger partial charge in [0.25, 0.3) is 0 Å². The fourth-order valence-corrected chi connectivity index (χ4v) is 9.15. The van der Waals surface area contributed by atoms with E-state index in [9.17, 15) is 86.8 Å². The number of aliphatic hydroxyl groups is 17. The molecule has 12 unspecified atom stereocenters. The number of hydrogen-bond acceptors (Lipinski definition) is 31. The predicted molar refractivity (Wildman–Crippen MR) is 214 cm³/mol. The lowest BCUT2D eigenvalue weighted by Crippen LogP contribution is -2.68. The third-order valence-corrected chi connectivity index (χ3v) is 13.1. The van der Waals surface area contributed by atoms with Crippen LogP contribution in [0.15, 0.2) is 0 Å². The maximum atomic E-state index is 11.6. The Balaban J connectivity index is 1.21. The molecule has 6 aliphatic heterocycles. The summed E-state index contributed by atoms with van der Waals surface area (Å²) in [6, 6.07) is 0. The first-order chi connectivity index (χ1) is 33.3. The van der Waals surface area contributed by atoms with Crippen LogP contribution in [0.5, 0.6) is 0 Å². The molecule has 0 aromatic heterocycles. The Hall–Kier alpha value is -1.24. The summed E-state index contributed by atoms with van der Waals surface area (Å²) < 4.78 is 77.9. The average Bonchev–Trinajstić information content (AvgIpc) is 3.36. The summed E-state index contributed by atoms with van der Waals surface area (Å²) in [5.41, 5.74) is 0. The fraction of sp³-hybridized carbons (Fsp3) is 1.00. The van der Waals surface area contributed by atoms with Gasteiger partial charge in [0.2, 0.25) is 0 Å². The summed E-state index contributed by atoms with van der Waals surface area (Å²) in [7, 11) is 3.52. The molecule has 6 saturated heterocycles. The van der Waals surface area contributed by atoms with E-state index in [-0.39, 0.29) is 0 Å². The van der Waals surface area contributed by atoms with Crippen molar-refractivity contribution in [1.29, 1.82) is 0 Å². The number of rotatable bonds is 19. The van der Waals surface area contributed by atoms with Gasteiger partial charge in [-0.2, -0.15) is 0 Å². The largest absolute Gasteiger partial charge is 0.394 e. The molecule has 0 radical (unpaired) electrons. The Morgan fingerprint density at radius 2 is 0.500 bits per heavy atom. The van der Waals surface area contributed by atoms with Crippen LogP contribution in [-0.2, 0) is 66.3 Å². The van der Waals surface area contributed by atoms with Gasteiger partial charge in [-0.3, -0.25) is 0 Å². The van der Waals surface area contributed by atoms with Gasteiger partial charge in [-0.1, -0.05) is 0 Å². The van der Waals surface area contributed by atoms with E-state index in [0.717, 1.165) is 7.11 Å². The molecule has 17 N–H and O–H groups in total. The van der Waals surface area contributed by atoms with E-state index in [1.54, 1.807) is 0 Å². The van der Waals surface area contributed by atoms with Crippen LogP contribution in [0.4, 0.5) is 0 Å². The van der Waals surface area contributed by atoms with Crippen molar-refractivity contribution in [3.8, 4) is 0 Å². The molecular weight excluding hydrogens is 964 g/mol. The second kappa shape index (κ2) is 25.5. The van der Waals surface area contributed by atoms with Crippen molar-refractivity contribution in [1.82, 2.24) is 0 Å². The zero-order valence-electron chi connectivity index (χ0n) is 37.9. The van der Waals surface area contributed by atoms with E-state index >= 15 is 0 Å². The zero-order valence-corrected chi connectivity index (χ0v) is 37.9. The third-order valence-electron chi connectivity index (χ3n) is 13.1. The standard InChI is InChI=1S/C39H68O31/c1-57-28-10(4-40)63-36(24(53)16(28)45)67-31-13(7-43)62-35(23(52)19(31)48)60-9-15-33(21(50)27(56)39(66-15)69-30-12(6-42)61-34(59-3)22(51)18(30)47)70-38-26(55)20(49)32(14(8-44)65-38)68-37-25(54)17(46)29(58-2)11(5-41)64-37/h10-56H,4-9H2,1-3H3/t10?,11?,12?,13?,14?,15?,16-,17-,18-,19-,20-,21-,22?,23?,24?,25?,26?,27?,28-,29-,30-,31-,32-,33-,34+,35-,36-,37-,38-,39-/m0/s1. The first-order valence-electron chi connectivity index (χ1n) is 22.3. The second-order valence-electron chi connectivity index (χ2n) is 17.4. The highest BCUT2D eigenvalue weighted by atomic mass is 16.8. The van der Waals surface area contributed by atoms with Crippen molar-refractivity contribution in [3.05, 3.63) is 0 Å². The van der Waals surface area contributed by atoms with E-state index in [4.69, 9.17) is 66.3 Å². The van der Waals surface area contributed by atoms with Crippen LogP contribution in [0.3, 0.4) is 0 Å². The predicted octanol–water partition coefficient (Wildman–Crippen LogP) is -12.1. The van der Waals surface area contributed by atoms with Crippen molar-refractivity contribution in [3.63, 3.8) is 0 Å². The number of aliphatic hydroxyl groups excluding tert-OH is 17. The molecule has 70 heavy (non-hydrogen) atoms. The highest BCUT2D eigenvalue weighted by Gasteiger charge is 2.57. The number of ether oxygens (including phenoxy) is 14. The van der Waals surface area contributed by atoms with Gasteiger partial charge in [0.1, 0.15) is 146 Å². The van der Waals surface area contributed by atoms with Gasteiger partial charge in [0.05, 0.1) is 39.6 Å². The molecule has 410 valence electrons. The van der Waals surface area contributed by atoms with Gasteiger partial charge in [0.15, 0.2) is 37.7 Å². The van der Waals surface area contributed by atoms with Gasteiger partial charge < -0.3 is 153 Å². The van der Waals surface area contributed by atoms with Crippen LogP contribution in [0.1, 0.15) is 0 Å². The van der Waals surface area contributed by atoms with Crippen LogP contribution in [0, 0.1) is 0 Å². The number of methoxy groups -OCH3 is 3. The number of hydrogen-bond donors (Lipinski definition) is 17. The van der Waals surface area contributed by atoms with Crippen LogP contribution in [0.25, 0.3) is 0 Å². The molecule has 0 aromatic carbocycles. The lowest BCUT2D eigenvalue weighted by atomic mass is 9.95. The molecule has 0 spiro atoms. The van der Waals surface area contributed by atoms with Gasteiger partial charge >= 0.3 is 0 Å². The van der Waals surface area contributed by atoms with Crippen molar-refractivity contribution < 1.29 is 153 Å². The molecule has 0 amide bonds. The lowest BCUT2D eigenvalue weighted by Gasteiger charge is -2.49. The second-order valence-corrected chi connectivity index (χ2v) is 17.4. The minimum absolute atomic E-state index is 0.703. The summed E-state index contributed by atoms with van der Waals surface area (Å²) in [6.45, 7) is -5.09. The maximum Gasteiger partial charge on any atom is 0.187 e. The monoisotopic (exact) mass is 1030 g/mol. The summed E-state index contributed by atoms with van der Waals surface area (Å²) >= 11 is 0. The average molecular weight is 1030 g/mol. The van der Waals surface area contributed by atoms with Crippen LogP contribution >= 0.6 is 0 Å². The smallest absolute Gasteiger partial charge is 0.187 e. The quantitative estimate of drug-likeness (QED) is 0.0571. The van der Waals surface area contributed by atoms with Crippen molar-refractivity contribution >= 4 is 0 Å². The molecule has 6 fully saturated rings. The molecule has 30 atom stereocenters. The molecule has 31 nitrogen and oxygen atoms in total. The Bertz CT molecular complexity index is 1550. The van der Waals surface area contributed by atoms with Gasteiger partial charge in [-0.05, 0) is 0 Å². The molecular formula is C39H68O31. The van der Waals surface area contributed by atoms with E-state index in [1.165, 1.54) is 14.2 Å². The molecule has 0 bridgehead atoms. The molecule has 6 aliphatic rings. The summed E-state index contributed by atoms with van der Waals surface area (Å²) in [4.78, 5) is 0. The highest BCUT2D eigenvalue weighted by Crippen LogP contribution is 2.36. The SMILES string of the molecule is CO[C@@H]1OC(CO)[C@H](O[C@@H]2OC(CO[C@H]3OC(CO)[C@H](O[C@@H]4OC(CO)[C@H](OC)[C@@H](O)C4O)[C@@H](O)C3O)[C@H](O[C@@H]3OC(CO)[C@H](O[C@@H]4OC(CO)[C@H](OC)[C@@H](O)C4O)[C@@H](O)C3O)[C@@H](O)C2O)[C@@H](O)C1O. The molecule has 6 rings (SSSR count).